The summed E-state index contributed by atoms with van der Waals surface area (Å²) in [5, 5.41) is 0. The average Bonchev–Trinajstić information content (AvgIpc) is 3.95. The van der Waals surface area contributed by atoms with E-state index in [1.807, 2.05) is 34.1 Å². The molecule has 0 atom stereocenters. The van der Waals surface area contributed by atoms with Gasteiger partial charge in [-0.3, -0.25) is 9.59 Å². The number of nitrogens with zero attached hydrogens (tertiary/aromatic N) is 4. The summed E-state index contributed by atoms with van der Waals surface area (Å²) in [7, 11) is 8.13. The lowest BCUT2D eigenvalue weighted by atomic mass is 9.84. The van der Waals surface area contributed by atoms with Crippen molar-refractivity contribution in [1.29, 1.82) is 0 Å². The lowest BCUT2D eigenvalue weighted by Crippen LogP contribution is -2.41. The molecule has 0 bridgehead atoms. The maximum Gasteiger partial charge on any atom is 0.461 e. The van der Waals surface area contributed by atoms with E-state index >= 15 is 0 Å². The molecule has 6 aromatic rings. The first-order valence-corrected chi connectivity index (χ1v) is 30.8. The molecule has 3 fully saturated rings. The van der Waals surface area contributed by atoms with E-state index in [0.717, 1.165) is 91.1 Å². The molecule has 8 nitrogen and oxygen atoms in total. The highest BCUT2D eigenvalue weighted by atomic mass is 79.9. The Kier molecular flexibility index (Phi) is 23.1. The number of anilines is 4. The number of halogens is 1. The van der Waals surface area contributed by atoms with Crippen molar-refractivity contribution in [2.45, 2.75) is 157 Å². The molecular weight excluding hydrogens is 1080 g/mol. The predicted molar refractivity (Wildman–Crippen MR) is 352 cm³/mol. The lowest BCUT2D eigenvalue weighted by Gasteiger charge is -2.32. The summed E-state index contributed by atoms with van der Waals surface area (Å²) in [5.41, 5.74) is 14.9. The van der Waals surface area contributed by atoms with Gasteiger partial charge in [-0.05, 0) is 181 Å². The van der Waals surface area contributed by atoms with Gasteiger partial charge in [-0.15, -0.1) is 0 Å². The zero-order valence-corrected chi connectivity index (χ0v) is 53.0. The molecule has 10 heteroatoms. The van der Waals surface area contributed by atoms with Crippen molar-refractivity contribution in [3.63, 3.8) is 0 Å². The van der Waals surface area contributed by atoms with Crippen LogP contribution in [0, 0.1) is 11.8 Å². The van der Waals surface area contributed by atoms with Crippen LogP contribution < -0.4 is 19.6 Å². The van der Waals surface area contributed by atoms with Gasteiger partial charge in [-0.1, -0.05) is 169 Å². The molecule has 2 saturated carbocycles. The zero-order chi connectivity index (χ0) is 59.0. The molecule has 6 aromatic carbocycles. The molecule has 2 aliphatic carbocycles. The Hall–Kier alpha value is -6.20. The monoisotopic (exact) mass is 1170 g/mol. The first-order chi connectivity index (χ1) is 39.2. The molecule has 1 saturated heterocycles. The predicted octanol–water partition coefficient (Wildman–Crippen LogP) is 18.4. The molecule has 0 radical (unpaired) electrons. The lowest BCUT2D eigenvalue weighted by molar-refractivity contribution is -0.124. The van der Waals surface area contributed by atoms with Crippen LogP contribution in [0.1, 0.15) is 136 Å². The van der Waals surface area contributed by atoms with Crippen LogP contribution in [0.5, 0.6) is 0 Å². The van der Waals surface area contributed by atoms with Crippen LogP contribution >= 0.6 is 15.9 Å². The van der Waals surface area contributed by atoms with E-state index in [1.165, 1.54) is 63.2 Å². The van der Waals surface area contributed by atoms with Crippen molar-refractivity contribution in [1.82, 2.24) is 0 Å². The number of allylic oxidation sites excluding steroid dienone is 4. The molecule has 1 aliphatic heterocycles. The van der Waals surface area contributed by atoms with Crippen molar-refractivity contribution in [3.8, 4) is 22.3 Å². The van der Waals surface area contributed by atoms with Gasteiger partial charge in [0, 0.05) is 73.6 Å². The van der Waals surface area contributed by atoms with Gasteiger partial charge < -0.3 is 28.9 Å². The first kappa shape index (κ1) is 63.4. The van der Waals surface area contributed by atoms with Gasteiger partial charge in [0.1, 0.15) is 0 Å². The third kappa shape index (κ3) is 18.2. The highest BCUT2D eigenvalue weighted by molar-refractivity contribution is 9.10. The maximum atomic E-state index is 13.8. The molecule has 0 N–H and O–H groups in total. The van der Waals surface area contributed by atoms with Crippen LogP contribution in [0.3, 0.4) is 0 Å². The van der Waals surface area contributed by atoms with Gasteiger partial charge in [0.05, 0.1) is 24.3 Å². The fourth-order valence-electron chi connectivity index (χ4n) is 10.8. The molecule has 0 unspecified atom stereocenters. The first-order valence-electron chi connectivity index (χ1n) is 30.0. The van der Waals surface area contributed by atoms with Crippen molar-refractivity contribution in [2.75, 3.05) is 47.8 Å². The minimum Gasteiger partial charge on any atom is -0.403 e. The van der Waals surface area contributed by atoms with E-state index < -0.39 is 0 Å². The summed E-state index contributed by atoms with van der Waals surface area (Å²) >= 11 is 3.57. The SMILES string of the molecule is CC(C)=CCB1OC(C)(C)C(C)(C)O1.CC(C)=CCc1cccc(N(Cc2ccc(-c3ccc(N(C)C)cc3)cc2)C(=O)C2CCCCC2)c1.CN(C)c1ccc(-c2ccc(CN(C(=O)C3CCCCC3)c3cccc(Br)c3)cc2)cc1. The summed E-state index contributed by atoms with van der Waals surface area (Å²) in [6.45, 7) is 17.9. The van der Waals surface area contributed by atoms with Crippen LogP contribution in [-0.4, -0.2) is 58.3 Å². The number of rotatable bonds is 16. The third-order valence-electron chi connectivity index (χ3n) is 16.6. The van der Waals surface area contributed by atoms with Gasteiger partial charge in [0.2, 0.25) is 11.8 Å². The molecular formula is C72H92BBrN4O4. The van der Waals surface area contributed by atoms with Crippen molar-refractivity contribution in [2.24, 2.45) is 11.8 Å². The zero-order valence-electron chi connectivity index (χ0n) is 51.4. The van der Waals surface area contributed by atoms with Crippen molar-refractivity contribution in [3.05, 3.63) is 190 Å². The van der Waals surface area contributed by atoms with Gasteiger partial charge in [0.15, 0.2) is 0 Å². The summed E-state index contributed by atoms with van der Waals surface area (Å²) in [4.78, 5) is 35.5. The number of benzene rings is 6. The van der Waals surface area contributed by atoms with Crippen LogP contribution in [0.4, 0.5) is 22.7 Å². The minimum absolute atomic E-state index is 0.0881. The highest BCUT2D eigenvalue weighted by Gasteiger charge is 2.50. The molecule has 0 spiro atoms. The molecule has 9 rings (SSSR count). The quantitative estimate of drug-likeness (QED) is 0.0711. The van der Waals surface area contributed by atoms with E-state index in [1.54, 1.807) is 0 Å². The Labute approximate surface area is 502 Å². The second kappa shape index (κ2) is 29.9. The Balaban J connectivity index is 0.000000193. The van der Waals surface area contributed by atoms with Gasteiger partial charge in [-0.2, -0.15) is 0 Å². The Morgan fingerprint density at radius 1 is 0.488 bits per heavy atom. The number of carbonyl (C=O) groups is 2. The number of carbonyl (C=O) groups excluding carboxylic acids is 2. The van der Waals surface area contributed by atoms with E-state index in [9.17, 15) is 9.59 Å². The van der Waals surface area contributed by atoms with E-state index in [4.69, 9.17) is 9.31 Å². The second-order valence-corrected chi connectivity index (χ2v) is 25.5. The molecule has 0 aromatic heterocycles. The Morgan fingerprint density at radius 2 is 0.866 bits per heavy atom. The van der Waals surface area contributed by atoms with Crippen LogP contribution in [0.15, 0.2) is 173 Å². The largest absolute Gasteiger partial charge is 0.461 e. The van der Waals surface area contributed by atoms with Crippen LogP contribution in [0.2, 0.25) is 6.32 Å². The summed E-state index contributed by atoms with van der Waals surface area (Å²) in [6.07, 6.45) is 17.3. The summed E-state index contributed by atoms with van der Waals surface area (Å²) < 4.78 is 12.7. The standard InChI is InChI=1S/C33H40N2O.C28H31BrN2O.C11H21BO2/c1-25(2)13-14-26-9-8-12-32(23-26)35(33(36)30-10-6-5-7-11-30)24-27-15-17-28(18-16-27)29-19-21-31(22-20-29)34(3)4;1-30(2)26-17-15-23(16-18-26)22-13-11-21(12-14-22)20-31(27-10-6-9-25(29)19-27)28(32)24-7-4-3-5-8-24;1-9(2)7-8-12-13-10(3,4)11(5,6)14-12/h8-9,12-13,15-23,30H,5-7,10-11,14,24H2,1-4H3;6,9-19,24H,3-5,7-8,20H2,1-2H3;7H,8H2,1-6H3. The normalized spacial score (nSPS) is 15.6. The maximum absolute atomic E-state index is 13.8. The number of hydrogen-bond acceptors (Lipinski definition) is 6. The smallest absolute Gasteiger partial charge is 0.403 e. The number of hydrogen-bond donors (Lipinski definition) is 0. The van der Waals surface area contributed by atoms with Crippen molar-refractivity contribution < 1.29 is 18.9 Å². The van der Waals surface area contributed by atoms with Gasteiger partial charge in [-0.25, -0.2) is 0 Å². The highest BCUT2D eigenvalue weighted by Crippen LogP contribution is 2.38. The third-order valence-corrected chi connectivity index (χ3v) is 17.1. The summed E-state index contributed by atoms with van der Waals surface area (Å²) in [6, 6.07) is 51.1. The molecule has 82 heavy (non-hydrogen) atoms. The van der Waals surface area contributed by atoms with E-state index in [0.29, 0.717) is 13.1 Å². The van der Waals surface area contributed by atoms with E-state index in [2.05, 4.69) is 243 Å². The molecule has 1 heterocycles. The van der Waals surface area contributed by atoms with Crippen LogP contribution in [0.25, 0.3) is 22.3 Å². The topological polar surface area (TPSA) is 65.6 Å². The Bertz CT molecular complexity index is 3020. The van der Waals surface area contributed by atoms with Crippen molar-refractivity contribution >= 4 is 57.6 Å². The fraction of sp³-hybridized carbons (Fsp3) is 0.417. The second-order valence-electron chi connectivity index (χ2n) is 24.6. The number of amides is 2. The van der Waals surface area contributed by atoms with Gasteiger partial charge in [0.25, 0.3) is 0 Å². The van der Waals surface area contributed by atoms with Gasteiger partial charge >= 0.3 is 7.12 Å². The van der Waals surface area contributed by atoms with E-state index in [-0.39, 0.29) is 42.0 Å². The molecule has 3 aliphatic rings. The molecule has 2 amide bonds. The summed E-state index contributed by atoms with van der Waals surface area (Å²) in [5.74, 6) is 0.801. The van der Waals surface area contributed by atoms with Crippen LogP contribution in [-0.2, 0) is 38.4 Å². The minimum atomic E-state index is -0.201. The Morgan fingerprint density at radius 3 is 1.24 bits per heavy atom. The molecule has 434 valence electrons. The average molecular weight is 1170 g/mol. The fourth-order valence-corrected chi connectivity index (χ4v) is 11.2.